The summed E-state index contributed by atoms with van der Waals surface area (Å²) in [6.45, 7) is 2.02. The molecule has 4 heteroatoms. The van der Waals surface area contributed by atoms with Gasteiger partial charge in [0, 0.05) is 31.6 Å². The lowest BCUT2D eigenvalue weighted by Gasteiger charge is -2.26. The second-order valence-electron chi connectivity index (χ2n) is 5.71. The van der Waals surface area contributed by atoms with Gasteiger partial charge in [-0.05, 0) is 12.8 Å². The van der Waals surface area contributed by atoms with Crippen molar-refractivity contribution in [2.45, 2.75) is 63.6 Å². The third-order valence-electron chi connectivity index (χ3n) is 4.32. The molecule has 1 aliphatic heterocycles. The Morgan fingerprint density at radius 3 is 2.89 bits per heavy atom. The first-order valence-electron chi connectivity index (χ1n) is 7.40. The molecule has 18 heavy (non-hydrogen) atoms. The molecule has 1 atom stereocenters. The zero-order valence-electron chi connectivity index (χ0n) is 11.0. The molecule has 2 aliphatic rings. The van der Waals surface area contributed by atoms with E-state index in [4.69, 9.17) is 0 Å². The van der Waals surface area contributed by atoms with Crippen LogP contribution in [0, 0.1) is 0 Å². The smallest absolute Gasteiger partial charge is 0.0925 e. The number of rotatable bonds is 3. The number of aromatic nitrogens is 2. The van der Waals surface area contributed by atoms with Gasteiger partial charge < -0.3 is 15.6 Å². The summed E-state index contributed by atoms with van der Waals surface area (Å²) in [5.74, 6) is 0. The quantitative estimate of drug-likeness (QED) is 0.714. The molecule has 0 saturated heterocycles. The zero-order chi connectivity index (χ0) is 12.2. The Labute approximate surface area is 109 Å². The first-order valence-corrected chi connectivity index (χ1v) is 7.40. The molecule has 3 rings (SSSR count). The molecule has 1 unspecified atom stereocenters. The van der Waals surface area contributed by atoms with Crippen molar-refractivity contribution in [3.63, 3.8) is 0 Å². The molecule has 1 saturated carbocycles. The number of fused-ring (bicyclic) bond motifs is 1. The third-order valence-corrected chi connectivity index (χ3v) is 4.32. The molecule has 3 N–H and O–H groups in total. The third kappa shape index (κ3) is 2.93. The summed E-state index contributed by atoms with van der Waals surface area (Å²) in [6, 6.07) is 1.29. The van der Waals surface area contributed by atoms with E-state index in [0.717, 1.165) is 25.6 Å². The molecule has 1 aromatic heterocycles. The molecule has 4 nitrogen and oxygen atoms in total. The van der Waals surface area contributed by atoms with Gasteiger partial charge in [0.1, 0.15) is 0 Å². The van der Waals surface area contributed by atoms with Gasteiger partial charge in [0.15, 0.2) is 0 Å². The average Bonchev–Trinajstić information content (AvgIpc) is 2.70. The van der Waals surface area contributed by atoms with Crippen molar-refractivity contribution in [2.24, 2.45) is 0 Å². The van der Waals surface area contributed by atoms with Gasteiger partial charge in [-0.15, -0.1) is 0 Å². The Bertz CT molecular complexity index is 366. The minimum Gasteiger partial charge on any atom is -0.347 e. The van der Waals surface area contributed by atoms with E-state index in [1.54, 1.807) is 0 Å². The molecular weight excluding hydrogens is 224 g/mol. The molecule has 0 bridgehead atoms. The molecule has 0 radical (unpaired) electrons. The highest BCUT2D eigenvalue weighted by molar-refractivity contribution is 5.15. The summed E-state index contributed by atoms with van der Waals surface area (Å²) in [5.41, 5.74) is 2.52. The lowest BCUT2D eigenvalue weighted by atomic mass is 10.0. The normalized spacial score (nSPS) is 25.7. The predicted octanol–water partition coefficient (Wildman–Crippen LogP) is 1.74. The number of nitrogens with zero attached hydrogens (tertiary/aromatic N) is 1. The molecule has 0 spiro atoms. The fourth-order valence-electron chi connectivity index (χ4n) is 3.17. The second-order valence-corrected chi connectivity index (χ2v) is 5.71. The van der Waals surface area contributed by atoms with Crippen LogP contribution in [0.5, 0.6) is 0 Å². The number of imidazole rings is 1. The van der Waals surface area contributed by atoms with E-state index in [-0.39, 0.29) is 0 Å². The Morgan fingerprint density at radius 1 is 1.22 bits per heavy atom. The Kier molecular flexibility index (Phi) is 3.96. The number of hydrogen-bond acceptors (Lipinski definition) is 3. The van der Waals surface area contributed by atoms with E-state index >= 15 is 0 Å². The van der Waals surface area contributed by atoms with E-state index in [0.29, 0.717) is 6.04 Å². The Balaban J connectivity index is 1.46. The summed E-state index contributed by atoms with van der Waals surface area (Å²) in [4.78, 5) is 7.59. The number of aromatic amines is 1. The highest BCUT2D eigenvalue weighted by atomic mass is 15.0. The van der Waals surface area contributed by atoms with E-state index < -0.39 is 0 Å². The van der Waals surface area contributed by atoms with Crippen LogP contribution in [0.25, 0.3) is 0 Å². The van der Waals surface area contributed by atoms with E-state index in [1.807, 2.05) is 6.33 Å². The van der Waals surface area contributed by atoms with Gasteiger partial charge in [0.25, 0.3) is 0 Å². The lowest BCUT2D eigenvalue weighted by molar-refractivity contribution is 0.388. The summed E-state index contributed by atoms with van der Waals surface area (Å²) in [7, 11) is 0. The minimum atomic E-state index is 0.545. The summed E-state index contributed by atoms with van der Waals surface area (Å²) in [6.07, 6.45) is 11.2. The number of nitrogens with one attached hydrogen (secondary N) is 3. The van der Waals surface area contributed by atoms with Crippen molar-refractivity contribution in [3.8, 4) is 0 Å². The van der Waals surface area contributed by atoms with Gasteiger partial charge in [-0.2, -0.15) is 0 Å². The van der Waals surface area contributed by atoms with Gasteiger partial charge >= 0.3 is 0 Å². The van der Waals surface area contributed by atoms with Crippen LogP contribution in [0.4, 0.5) is 0 Å². The van der Waals surface area contributed by atoms with Gasteiger partial charge in [-0.1, -0.05) is 25.7 Å². The van der Waals surface area contributed by atoms with Crippen molar-refractivity contribution in [1.29, 1.82) is 0 Å². The highest BCUT2D eigenvalue weighted by Gasteiger charge is 2.21. The molecule has 1 aromatic rings. The molecule has 100 valence electrons. The van der Waals surface area contributed by atoms with Crippen LogP contribution in [0.15, 0.2) is 6.33 Å². The summed E-state index contributed by atoms with van der Waals surface area (Å²) < 4.78 is 0. The average molecular weight is 248 g/mol. The van der Waals surface area contributed by atoms with Crippen molar-refractivity contribution < 1.29 is 0 Å². The number of H-pyrrole nitrogens is 1. The molecule has 2 heterocycles. The van der Waals surface area contributed by atoms with Crippen molar-refractivity contribution in [3.05, 3.63) is 17.7 Å². The fraction of sp³-hybridized carbons (Fsp3) is 0.786. The maximum absolute atomic E-state index is 4.39. The van der Waals surface area contributed by atoms with Gasteiger partial charge in [-0.3, -0.25) is 0 Å². The molecule has 1 fully saturated rings. The van der Waals surface area contributed by atoms with E-state index in [1.165, 1.54) is 49.9 Å². The van der Waals surface area contributed by atoms with Crippen LogP contribution in [0.3, 0.4) is 0 Å². The van der Waals surface area contributed by atoms with Crippen molar-refractivity contribution >= 4 is 0 Å². The maximum Gasteiger partial charge on any atom is 0.0925 e. The maximum atomic E-state index is 4.39. The Hall–Kier alpha value is -0.870. The SMILES string of the molecule is c1nc2c([nH]1)CNC(CNC1CCCCCC1)C2. The molecule has 1 aliphatic carbocycles. The lowest BCUT2D eigenvalue weighted by Crippen LogP contribution is -2.45. The van der Waals surface area contributed by atoms with Crippen LogP contribution in [0.2, 0.25) is 0 Å². The van der Waals surface area contributed by atoms with Crippen LogP contribution >= 0.6 is 0 Å². The largest absolute Gasteiger partial charge is 0.347 e. The number of hydrogen-bond donors (Lipinski definition) is 3. The van der Waals surface area contributed by atoms with E-state index in [9.17, 15) is 0 Å². The first kappa shape index (κ1) is 12.2. The highest BCUT2D eigenvalue weighted by Crippen LogP contribution is 2.17. The molecule has 0 amide bonds. The van der Waals surface area contributed by atoms with Gasteiger partial charge in [0.05, 0.1) is 17.7 Å². The van der Waals surface area contributed by atoms with Crippen LogP contribution < -0.4 is 10.6 Å². The van der Waals surface area contributed by atoms with Crippen molar-refractivity contribution in [2.75, 3.05) is 6.54 Å². The minimum absolute atomic E-state index is 0.545. The predicted molar refractivity (Wildman–Crippen MR) is 72.4 cm³/mol. The second kappa shape index (κ2) is 5.85. The van der Waals surface area contributed by atoms with Gasteiger partial charge in [0.2, 0.25) is 0 Å². The monoisotopic (exact) mass is 248 g/mol. The van der Waals surface area contributed by atoms with Crippen LogP contribution in [-0.4, -0.2) is 28.6 Å². The Morgan fingerprint density at radius 2 is 2.06 bits per heavy atom. The van der Waals surface area contributed by atoms with Gasteiger partial charge in [-0.25, -0.2) is 4.98 Å². The topological polar surface area (TPSA) is 52.7 Å². The molecule has 0 aromatic carbocycles. The van der Waals surface area contributed by atoms with Crippen molar-refractivity contribution in [1.82, 2.24) is 20.6 Å². The van der Waals surface area contributed by atoms with E-state index in [2.05, 4.69) is 20.6 Å². The fourth-order valence-corrected chi connectivity index (χ4v) is 3.17. The zero-order valence-corrected chi connectivity index (χ0v) is 11.0. The van der Waals surface area contributed by atoms with Crippen LogP contribution in [0.1, 0.15) is 49.9 Å². The summed E-state index contributed by atoms with van der Waals surface area (Å²) in [5, 5.41) is 7.34. The molecular formula is C14H24N4. The van der Waals surface area contributed by atoms with Crippen LogP contribution in [-0.2, 0) is 13.0 Å². The standard InChI is InChI=1S/C14H24N4/c1-2-4-6-11(5-3-1)15-8-12-7-13-14(9-16-12)18-10-17-13/h10-12,15-16H,1-9H2,(H,17,18). The first-order chi connectivity index (χ1) is 8.92. The summed E-state index contributed by atoms with van der Waals surface area (Å²) >= 11 is 0.